The molecule has 0 saturated carbocycles. The molecule has 8 heteroatoms. The highest BCUT2D eigenvalue weighted by Crippen LogP contribution is 2.29. The van der Waals surface area contributed by atoms with Gasteiger partial charge in [0, 0.05) is 42.4 Å². The van der Waals surface area contributed by atoms with Gasteiger partial charge in [0.05, 0.1) is 0 Å². The van der Waals surface area contributed by atoms with Crippen LogP contribution in [0.1, 0.15) is 35.4 Å². The Bertz CT molecular complexity index is 512. The van der Waals surface area contributed by atoms with Crippen LogP contribution >= 0.6 is 11.3 Å². The van der Waals surface area contributed by atoms with Crippen molar-refractivity contribution in [1.82, 2.24) is 10.3 Å². The number of carbonyl (C=O) groups is 1. The highest BCUT2D eigenvalue weighted by Gasteiger charge is 2.20. The fourth-order valence-electron chi connectivity index (χ4n) is 2.26. The van der Waals surface area contributed by atoms with Crippen molar-refractivity contribution < 1.29 is 9.00 Å². The fourth-order valence-corrected chi connectivity index (χ4v) is 3.77. The Kier molecular flexibility index (Phi) is 5.98. The molecular formula is C13H22N4O2S2. The maximum Gasteiger partial charge on any atom is 0.265 e. The van der Waals surface area contributed by atoms with Gasteiger partial charge >= 0.3 is 0 Å². The third-order valence-corrected chi connectivity index (χ3v) is 5.36. The second kappa shape index (κ2) is 7.74. The van der Waals surface area contributed by atoms with E-state index in [0.717, 1.165) is 31.1 Å². The minimum atomic E-state index is -0.821. The molecule has 1 aliphatic heterocycles. The molecule has 1 aromatic rings. The van der Waals surface area contributed by atoms with Gasteiger partial charge in [-0.25, -0.2) is 4.98 Å². The first-order valence-electron chi connectivity index (χ1n) is 7.17. The molecule has 1 aliphatic rings. The van der Waals surface area contributed by atoms with Gasteiger partial charge in [0.2, 0.25) is 0 Å². The lowest BCUT2D eigenvalue weighted by Crippen LogP contribution is -2.29. The van der Waals surface area contributed by atoms with E-state index in [4.69, 9.17) is 5.73 Å². The molecule has 2 heterocycles. The molecule has 0 aliphatic carbocycles. The van der Waals surface area contributed by atoms with Gasteiger partial charge in [-0.05, 0) is 25.7 Å². The number of amides is 1. The van der Waals surface area contributed by atoms with E-state index >= 15 is 0 Å². The van der Waals surface area contributed by atoms with Crippen molar-refractivity contribution in [2.24, 2.45) is 0 Å². The second-order valence-corrected chi connectivity index (χ2v) is 7.68. The Morgan fingerprint density at radius 3 is 2.81 bits per heavy atom. The maximum atomic E-state index is 12.1. The molecule has 21 heavy (non-hydrogen) atoms. The smallest absolute Gasteiger partial charge is 0.265 e. The van der Waals surface area contributed by atoms with Gasteiger partial charge in [-0.3, -0.25) is 9.00 Å². The van der Waals surface area contributed by atoms with E-state index in [9.17, 15) is 9.00 Å². The second-order valence-electron chi connectivity index (χ2n) is 5.15. The Hall–Kier alpha value is -1.15. The highest BCUT2D eigenvalue weighted by molar-refractivity contribution is 7.84. The van der Waals surface area contributed by atoms with E-state index in [-0.39, 0.29) is 5.91 Å². The summed E-state index contributed by atoms with van der Waals surface area (Å²) in [5.41, 5.74) is 5.86. The zero-order valence-electron chi connectivity index (χ0n) is 12.3. The van der Waals surface area contributed by atoms with Crippen LogP contribution in [0.3, 0.4) is 0 Å². The first-order chi connectivity index (χ1) is 10.1. The zero-order valence-corrected chi connectivity index (χ0v) is 13.9. The lowest BCUT2D eigenvalue weighted by atomic mass is 10.1. The van der Waals surface area contributed by atoms with Crippen molar-refractivity contribution in [1.29, 1.82) is 0 Å². The van der Waals surface area contributed by atoms with Crippen molar-refractivity contribution in [2.45, 2.75) is 25.7 Å². The molecule has 2 rings (SSSR count). The number of aromatic nitrogens is 1. The zero-order chi connectivity index (χ0) is 15.2. The highest BCUT2D eigenvalue weighted by atomic mass is 32.2. The van der Waals surface area contributed by atoms with E-state index in [1.807, 2.05) is 0 Å². The predicted octanol–water partition coefficient (Wildman–Crippen LogP) is 1.21. The summed E-state index contributed by atoms with van der Waals surface area (Å²) in [6.07, 6.45) is 5.94. The van der Waals surface area contributed by atoms with Crippen molar-refractivity contribution >= 4 is 39.0 Å². The van der Waals surface area contributed by atoms with Gasteiger partial charge in [-0.2, -0.15) is 0 Å². The number of hydrogen-bond donors (Lipinski definition) is 2. The predicted molar refractivity (Wildman–Crippen MR) is 88.5 cm³/mol. The summed E-state index contributed by atoms with van der Waals surface area (Å²) in [4.78, 5) is 19.1. The molecule has 118 valence electrons. The van der Waals surface area contributed by atoms with Crippen LogP contribution in [-0.4, -0.2) is 46.7 Å². The number of carbonyl (C=O) groups excluding carboxylic acids is 1. The molecule has 3 N–H and O–H groups in total. The number of thiazole rings is 1. The monoisotopic (exact) mass is 330 g/mol. The van der Waals surface area contributed by atoms with Crippen molar-refractivity contribution in [3.8, 4) is 0 Å². The molecule has 1 fully saturated rings. The summed E-state index contributed by atoms with van der Waals surface area (Å²) >= 11 is 1.36. The Morgan fingerprint density at radius 1 is 1.43 bits per heavy atom. The summed E-state index contributed by atoms with van der Waals surface area (Å²) in [6, 6.07) is 0. The van der Waals surface area contributed by atoms with Gasteiger partial charge in [0.25, 0.3) is 5.91 Å². The molecule has 1 unspecified atom stereocenters. The number of anilines is 2. The van der Waals surface area contributed by atoms with E-state index in [0.29, 0.717) is 29.4 Å². The first kappa shape index (κ1) is 16.2. The van der Waals surface area contributed by atoms with Gasteiger partial charge < -0.3 is 16.0 Å². The van der Waals surface area contributed by atoms with Crippen LogP contribution in [0.5, 0.6) is 0 Å². The summed E-state index contributed by atoms with van der Waals surface area (Å²) < 4.78 is 11.0. The third kappa shape index (κ3) is 4.67. The number of hydrogen-bond acceptors (Lipinski definition) is 6. The number of nitrogens with two attached hydrogens (primary N) is 1. The molecule has 0 radical (unpaired) electrons. The summed E-state index contributed by atoms with van der Waals surface area (Å²) in [7, 11) is -0.821. The molecule has 1 atom stereocenters. The normalized spacial score (nSPS) is 16.7. The van der Waals surface area contributed by atoms with Crippen molar-refractivity contribution in [3.05, 3.63) is 4.88 Å². The van der Waals surface area contributed by atoms with Gasteiger partial charge in [-0.1, -0.05) is 11.3 Å². The fraction of sp³-hybridized carbons (Fsp3) is 0.692. The number of nitrogens with zero attached hydrogens (tertiary/aromatic N) is 2. The molecule has 6 nitrogen and oxygen atoms in total. The Balaban J connectivity index is 1.91. The number of nitrogen functional groups attached to an aromatic ring is 1. The molecule has 0 spiro atoms. The topological polar surface area (TPSA) is 88.3 Å². The average Bonchev–Trinajstić information content (AvgIpc) is 2.86. The van der Waals surface area contributed by atoms with Crippen LogP contribution in [0.15, 0.2) is 0 Å². The number of nitrogens with one attached hydrogen (secondary N) is 1. The van der Waals surface area contributed by atoms with Crippen LogP contribution in [0.2, 0.25) is 0 Å². The summed E-state index contributed by atoms with van der Waals surface area (Å²) in [5.74, 6) is 0.713. The SMILES string of the molecule is CS(=O)CCCNC(=O)c1sc(N2CCCCC2)nc1N. The van der Waals surface area contributed by atoms with Crippen LogP contribution in [0.25, 0.3) is 0 Å². The lowest BCUT2D eigenvalue weighted by Gasteiger charge is -2.25. The van der Waals surface area contributed by atoms with Crippen LogP contribution < -0.4 is 16.0 Å². The van der Waals surface area contributed by atoms with Crippen LogP contribution in [0.4, 0.5) is 10.9 Å². The minimum Gasteiger partial charge on any atom is -0.382 e. The van der Waals surface area contributed by atoms with E-state index in [2.05, 4.69) is 15.2 Å². The van der Waals surface area contributed by atoms with Gasteiger partial charge in [-0.15, -0.1) is 0 Å². The first-order valence-corrected chi connectivity index (χ1v) is 9.72. The molecule has 0 bridgehead atoms. The van der Waals surface area contributed by atoms with E-state index < -0.39 is 10.8 Å². The van der Waals surface area contributed by atoms with Crippen molar-refractivity contribution in [2.75, 3.05) is 42.3 Å². The Morgan fingerprint density at radius 2 is 2.14 bits per heavy atom. The Labute approximate surface area is 131 Å². The number of piperidine rings is 1. The molecule has 1 saturated heterocycles. The van der Waals surface area contributed by atoms with E-state index in [1.54, 1.807) is 6.26 Å². The van der Waals surface area contributed by atoms with Gasteiger partial charge in [0.1, 0.15) is 10.7 Å². The largest absolute Gasteiger partial charge is 0.382 e. The minimum absolute atomic E-state index is 0.185. The third-order valence-electron chi connectivity index (χ3n) is 3.37. The quantitative estimate of drug-likeness (QED) is 0.766. The molecule has 1 aromatic heterocycles. The summed E-state index contributed by atoms with van der Waals surface area (Å²) in [6.45, 7) is 2.47. The average molecular weight is 330 g/mol. The van der Waals surface area contributed by atoms with Gasteiger partial charge in [0.15, 0.2) is 5.13 Å². The lowest BCUT2D eigenvalue weighted by molar-refractivity contribution is 0.0958. The number of rotatable bonds is 6. The maximum absolute atomic E-state index is 12.1. The molecular weight excluding hydrogens is 308 g/mol. The summed E-state index contributed by atoms with van der Waals surface area (Å²) in [5, 5.41) is 3.65. The standard InChI is InChI=1S/C13H22N4O2S2/c1-21(19)9-5-6-15-12(18)10-11(14)16-13(20-10)17-7-3-2-4-8-17/h2-9,14H2,1H3,(H,15,18). The van der Waals surface area contributed by atoms with E-state index in [1.165, 1.54) is 17.8 Å². The molecule has 0 aromatic carbocycles. The van der Waals surface area contributed by atoms with Crippen LogP contribution in [0, 0.1) is 0 Å². The van der Waals surface area contributed by atoms with Crippen LogP contribution in [-0.2, 0) is 10.8 Å². The molecule has 1 amide bonds. The van der Waals surface area contributed by atoms with Crippen molar-refractivity contribution in [3.63, 3.8) is 0 Å².